The summed E-state index contributed by atoms with van der Waals surface area (Å²) in [5.74, 6) is 0. The summed E-state index contributed by atoms with van der Waals surface area (Å²) in [6.45, 7) is 5.05. The fourth-order valence-corrected chi connectivity index (χ4v) is 1.96. The summed E-state index contributed by atoms with van der Waals surface area (Å²) in [7, 11) is 1.62. The molecule has 1 rings (SSSR count). The number of thiophene rings is 1. The highest BCUT2D eigenvalue weighted by Crippen LogP contribution is 2.14. The summed E-state index contributed by atoms with van der Waals surface area (Å²) >= 11 is 1.69. The van der Waals surface area contributed by atoms with Crippen molar-refractivity contribution in [2.75, 3.05) is 13.7 Å². The molecule has 0 saturated carbocycles. The monoisotopic (exact) mass is 242 g/mol. The Kier molecular flexibility index (Phi) is 5.28. The highest BCUT2D eigenvalue weighted by Gasteiger charge is 2.04. The van der Waals surface area contributed by atoms with Crippen molar-refractivity contribution in [3.8, 4) is 0 Å². The van der Waals surface area contributed by atoms with Gasteiger partial charge >= 0.3 is 6.03 Å². The van der Waals surface area contributed by atoms with Crippen LogP contribution >= 0.6 is 11.3 Å². The van der Waals surface area contributed by atoms with Gasteiger partial charge in [0.1, 0.15) is 0 Å². The first kappa shape index (κ1) is 13.0. The zero-order chi connectivity index (χ0) is 12.0. The summed E-state index contributed by atoms with van der Waals surface area (Å²) in [6.07, 6.45) is 0.0368. The molecule has 1 aromatic rings. The van der Waals surface area contributed by atoms with Crippen LogP contribution in [0.15, 0.2) is 12.1 Å². The van der Waals surface area contributed by atoms with Gasteiger partial charge in [-0.3, -0.25) is 0 Å². The van der Waals surface area contributed by atoms with E-state index in [0.717, 1.165) is 4.88 Å². The molecule has 0 saturated heterocycles. The number of nitrogens with one attached hydrogen (secondary N) is 2. The molecule has 1 unspecified atom stereocenters. The lowest BCUT2D eigenvalue weighted by molar-refractivity contribution is 0.118. The molecule has 0 bridgehead atoms. The number of carbonyl (C=O) groups is 1. The average molecular weight is 242 g/mol. The molecular formula is C11H18N2O2S. The Bertz CT molecular complexity index is 338. The van der Waals surface area contributed by atoms with Crippen LogP contribution in [0, 0.1) is 6.92 Å². The largest absolute Gasteiger partial charge is 0.380 e. The van der Waals surface area contributed by atoms with E-state index in [2.05, 4.69) is 17.6 Å². The molecule has 2 amide bonds. The van der Waals surface area contributed by atoms with Crippen molar-refractivity contribution in [2.45, 2.75) is 26.5 Å². The number of ether oxygens (including phenoxy) is 1. The molecule has 0 aliphatic rings. The van der Waals surface area contributed by atoms with Gasteiger partial charge in [-0.15, -0.1) is 11.3 Å². The van der Waals surface area contributed by atoms with Crippen LogP contribution in [-0.4, -0.2) is 25.8 Å². The van der Waals surface area contributed by atoms with E-state index in [1.165, 1.54) is 4.88 Å². The van der Waals surface area contributed by atoms with E-state index in [0.29, 0.717) is 13.1 Å². The maximum absolute atomic E-state index is 11.4. The fourth-order valence-electron chi connectivity index (χ4n) is 1.13. The zero-order valence-electron chi connectivity index (χ0n) is 9.87. The van der Waals surface area contributed by atoms with Crippen molar-refractivity contribution in [1.29, 1.82) is 0 Å². The summed E-state index contributed by atoms with van der Waals surface area (Å²) in [4.78, 5) is 13.8. The Balaban J connectivity index is 2.20. The Morgan fingerprint density at radius 2 is 2.25 bits per heavy atom. The number of carbonyl (C=O) groups excluding carboxylic acids is 1. The Hall–Kier alpha value is -1.07. The lowest BCUT2D eigenvalue weighted by Crippen LogP contribution is -2.39. The van der Waals surface area contributed by atoms with E-state index in [9.17, 15) is 4.79 Å². The van der Waals surface area contributed by atoms with Gasteiger partial charge in [-0.2, -0.15) is 0 Å². The minimum atomic E-state index is -0.157. The van der Waals surface area contributed by atoms with Gasteiger partial charge in [0.25, 0.3) is 0 Å². The van der Waals surface area contributed by atoms with Crippen molar-refractivity contribution in [2.24, 2.45) is 0 Å². The van der Waals surface area contributed by atoms with E-state index >= 15 is 0 Å². The van der Waals surface area contributed by atoms with Crippen molar-refractivity contribution in [3.05, 3.63) is 21.9 Å². The molecule has 0 aliphatic heterocycles. The highest BCUT2D eigenvalue weighted by atomic mass is 32.1. The van der Waals surface area contributed by atoms with Crippen molar-refractivity contribution >= 4 is 17.4 Å². The SMILES string of the molecule is COC(C)CNC(=O)NCc1ccc(C)s1. The highest BCUT2D eigenvalue weighted by molar-refractivity contribution is 7.11. The first-order chi connectivity index (χ1) is 7.61. The maximum Gasteiger partial charge on any atom is 0.315 e. The summed E-state index contributed by atoms with van der Waals surface area (Å²) in [6, 6.07) is 3.92. The third-order valence-corrected chi connectivity index (χ3v) is 3.17. The van der Waals surface area contributed by atoms with Crippen LogP contribution < -0.4 is 10.6 Å². The van der Waals surface area contributed by atoms with E-state index in [1.54, 1.807) is 18.4 Å². The van der Waals surface area contributed by atoms with Crippen LogP contribution in [0.2, 0.25) is 0 Å². The third-order valence-electron chi connectivity index (χ3n) is 2.17. The van der Waals surface area contributed by atoms with Gasteiger partial charge in [0.15, 0.2) is 0 Å². The van der Waals surface area contributed by atoms with E-state index in [1.807, 2.05) is 19.1 Å². The molecule has 0 spiro atoms. The molecule has 1 heterocycles. The number of amides is 2. The first-order valence-corrected chi connectivity index (χ1v) is 6.03. The van der Waals surface area contributed by atoms with Crippen molar-refractivity contribution < 1.29 is 9.53 Å². The van der Waals surface area contributed by atoms with E-state index in [-0.39, 0.29) is 12.1 Å². The third kappa shape index (κ3) is 4.63. The quantitative estimate of drug-likeness (QED) is 0.828. The molecular weight excluding hydrogens is 224 g/mol. The number of aryl methyl sites for hydroxylation is 1. The van der Waals surface area contributed by atoms with Crippen LogP contribution in [-0.2, 0) is 11.3 Å². The minimum Gasteiger partial charge on any atom is -0.380 e. The molecule has 90 valence electrons. The van der Waals surface area contributed by atoms with Gasteiger partial charge in [0, 0.05) is 23.4 Å². The van der Waals surface area contributed by atoms with Crippen LogP contribution in [0.1, 0.15) is 16.7 Å². The second-order valence-corrected chi connectivity index (χ2v) is 4.99. The number of hydrogen-bond donors (Lipinski definition) is 2. The Morgan fingerprint density at radius 3 is 2.81 bits per heavy atom. The molecule has 4 nitrogen and oxygen atoms in total. The molecule has 1 aromatic heterocycles. The number of methoxy groups -OCH3 is 1. The van der Waals surface area contributed by atoms with Crippen LogP contribution in [0.25, 0.3) is 0 Å². The molecule has 0 aliphatic carbocycles. The number of urea groups is 1. The smallest absolute Gasteiger partial charge is 0.315 e. The molecule has 0 radical (unpaired) electrons. The summed E-state index contributed by atoms with van der Waals surface area (Å²) < 4.78 is 5.03. The van der Waals surface area contributed by atoms with Gasteiger partial charge in [0.05, 0.1) is 12.6 Å². The van der Waals surface area contributed by atoms with Gasteiger partial charge in [0.2, 0.25) is 0 Å². The van der Waals surface area contributed by atoms with Crippen LogP contribution in [0.3, 0.4) is 0 Å². The Morgan fingerprint density at radius 1 is 1.50 bits per heavy atom. The second kappa shape index (κ2) is 6.50. The summed E-state index contributed by atoms with van der Waals surface area (Å²) in [5.41, 5.74) is 0. The molecule has 0 fully saturated rings. The molecule has 5 heteroatoms. The van der Waals surface area contributed by atoms with Gasteiger partial charge in [-0.05, 0) is 26.0 Å². The van der Waals surface area contributed by atoms with Crippen molar-refractivity contribution in [1.82, 2.24) is 10.6 Å². The number of rotatable bonds is 5. The standard InChI is InChI=1S/C11H18N2O2S/c1-8(15-3)6-12-11(14)13-7-10-5-4-9(2)16-10/h4-5,8H,6-7H2,1-3H3,(H2,12,13,14). The molecule has 2 N–H and O–H groups in total. The molecule has 16 heavy (non-hydrogen) atoms. The topological polar surface area (TPSA) is 50.4 Å². The molecule has 1 atom stereocenters. The molecule has 0 aromatic carbocycles. The maximum atomic E-state index is 11.4. The summed E-state index contributed by atoms with van der Waals surface area (Å²) in [5, 5.41) is 5.54. The lowest BCUT2D eigenvalue weighted by Gasteiger charge is -2.11. The van der Waals surface area contributed by atoms with Crippen LogP contribution in [0.5, 0.6) is 0 Å². The fraction of sp³-hybridized carbons (Fsp3) is 0.545. The van der Waals surface area contributed by atoms with Gasteiger partial charge in [-0.1, -0.05) is 0 Å². The predicted octanol–water partition coefficient (Wildman–Crippen LogP) is 1.89. The van der Waals surface area contributed by atoms with Crippen LogP contribution in [0.4, 0.5) is 4.79 Å². The van der Waals surface area contributed by atoms with Crippen molar-refractivity contribution in [3.63, 3.8) is 0 Å². The first-order valence-electron chi connectivity index (χ1n) is 5.21. The van der Waals surface area contributed by atoms with E-state index < -0.39 is 0 Å². The number of hydrogen-bond acceptors (Lipinski definition) is 3. The lowest BCUT2D eigenvalue weighted by atomic mass is 10.4. The minimum absolute atomic E-state index is 0.0368. The predicted molar refractivity (Wildman–Crippen MR) is 65.8 cm³/mol. The van der Waals surface area contributed by atoms with E-state index in [4.69, 9.17) is 4.74 Å². The zero-order valence-corrected chi connectivity index (χ0v) is 10.7. The normalized spacial score (nSPS) is 12.2. The average Bonchev–Trinajstić information content (AvgIpc) is 2.69. The van der Waals surface area contributed by atoms with Gasteiger partial charge in [-0.25, -0.2) is 4.79 Å². The Labute approximate surface area is 100 Å². The van der Waals surface area contributed by atoms with Gasteiger partial charge < -0.3 is 15.4 Å². The second-order valence-electron chi connectivity index (χ2n) is 3.62.